The third-order valence-corrected chi connectivity index (χ3v) is 6.22. The molecule has 174 valence electrons. The van der Waals surface area contributed by atoms with Gasteiger partial charge in [-0.3, -0.25) is 14.6 Å². The topological polar surface area (TPSA) is 150 Å². The van der Waals surface area contributed by atoms with Gasteiger partial charge in [0.15, 0.2) is 5.82 Å². The maximum absolute atomic E-state index is 13.8. The summed E-state index contributed by atoms with van der Waals surface area (Å²) in [6.45, 7) is 4.75. The molecule has 35 heavy (non-hydrogen) atoms. The molecule has 5 heterocycles. The molecule has 1 amide bonds. The number of hydrogen-bond donors (Lipinski definition) is 2. The molecule has 0 bridgehead atoms. The lowest BCUT2D eigenvalue weighted by molar-refractivity contribution is 0.0965. The molecule has 0 radical (unpaired) electrons. The molecule has 0 saturated carbocycles. The van der Waals surface area contributed by atoms with Crippen molar-refractivity contribution in [2.24, 2.45) is 0 Å². The average Bonchev–Trinajstić information content (AvgIpc) is 3.41. The molecule has 6 rings (SSSR count). The van der Waals surface area contributed by atoms with Gasteiger partial charge in [-0.25, -0.2) is 19.1 Å². The second-order valence-corrected chi connectivity index (χ2v) is 9.00. The van der Waals surface area contributed by atoms with E-state index >= 15 is 0 Å². The number of nitrogen functional groups attached to an aromatic ring is 1. The van der Waals surface area contributed by atoms with E-state index < -0.39 is 11.1 Å². The minimum atomic E-state index is -0.490. The molecule has 12 heteroatoms. The highest BCUT2D eigenvalue weighted by Gasteiger charge is 2.49. The Bertz CT molecular complexity index is 1630. The van der Waals surface area contributed by atoms with E-state index in [-0.39, 0.29) is 29.5 Å². The number of nitrogens with two attached hydrogens (primary N) is 1. The van der Waals surface area contributed by atoms with Crippen molar-refractivity contribution in [3.63, 3.8) is 0 Å². The van der Waals surface area contributed by atoms with E-state index in [1.165, 1.54) is 9.08 Å². The summed E-state index contributed by atoms with van der Waals surface area (Å²) in [7, 11) is 0. The van der Waals surface area contributed by atoms with Gasteiger partial charge in [0, 0.05) is 6.20 Å². The number of para-hydroxylation sites is 1. The van der Waals surface area contributed by atoms with Gasteiger partial charge in [-0.15, -0.1) is 5.10 Å². The van der Waals surface area contributed by atoms with Crippen LogP contribution < -0.4 is 26.6 Å². The van der Waals surface area contributed by atoms with Crippen LogP contribution in [0.15, 0.2) is 47.4 Å². The van der Waals surface area contributed by atoms with Gasteiger partial charge in [-0.1, -0.05) is 18.2 Å². The number of hydrazine groups is 1. The van der Waals surface area contributed by atoms with Crippen molar-refractivity contribution >= 4 is 29.1 Å². The molecule has 3 aromatic heterocycles. The number of benzene rings is 1. The molecular weight excluding hydrogens is 448 g/mol. The molecule has 2 aliphatic rings. The van der Waals surface area contributed by atoms with Crippen LogP contribution in [-0.4, -0.2) is 42.1 Å². The van der Waals surface area contributed by atoms with E-state index in [1.807, 2.05) is 37.1 Å². The SMILES string of the molecule is CC1(C)CN(c2nc(N)nc3c2C(=O)NC3)N1c1nn2ccc(C#N)c2c(=O)n1-c1ccccc1. The lowest BCUT2D eigenvalue weighted by Gasteiger charge is -2.57. The number of aromatic nitrogens is 5. The van der Waals surface area contributed by atoms with Crippen molar-refractivity contribution < 1.29 is 4.79 Å². The standard InChI is InChI=1S/C23H20N10O2/c1-23(2)12-31(18-16-15(11-26-19(16)34)27-21(25)28-18)33(23)22-29-30-9-8-13(10-24)17(30)20(35)32(22)14-6-4-3-5-7-14/h3-9H,11-12H2,1-2H3,(H,26,34)(H2,25,27,28). The highest BCUT2D eigenvalue weighted by Crippen LogP contribution is 2.40. The largest absolute Gasteiger partial charge is 0.368 e. The Morgan fingerprint density at radius 3 is 2.63 bits per heavy atom. The van der Waals surface area contributed by atoms with Crippen LogP contribution in [-0.2, 0) is 6.54 Å². The quantitative estimate of drug-likeness (QED) is 0.449. The first-order valence-electron chi connectivity index (χ1n) is 10.9. The Morgan fingerprint density at radius 2 is 1.91 bits per heavy atom. The Kier molecular flexibility index (Phi) is 4.16. The molecule has 0 spiro atoms. The number of nitriles is 1. The van der Waals surface area contributed by atoms with Gasteiger partial charge in [-0.2, -0.15) is 10.2 Å². The Morgan fingerprint density at radius 1 is 1.14 bits per heavy atom. The number of fused-ring (bicyclic) bond motifs is 2. The number of nitrogens with one attached hydrogen (secondary N) is 1. The zero-order chi connectivity index (χ0) is 24.5. The van der Waals surface area contributed by atoms with E-state index in [4.69, 9.17) is 10.8 Å². The van der Waals surface area contributed by atoms with E-state index in [1.54, 1.807) is 29.4 Å². The molecule has 0 aliphatic carbocycles. The number of carbonyl (C=O) groups excluding carboxylic acids is 1. The molecule has 3 N–H and O–H groups in total. The maximum atomic E-state index is 13.8. The van der Waals surface area contributed by atoms with E-state index in [9.17, 15) is 14.9 Å². The molecule has 0 atom stereocenters. The van der Waals surface area contributed by atoms with Crippen LogP contribution in [0.25, 0.3) is 11.2 Å². The van der Waals surface area contributed by atoms with Crippen LogP contribution in [0.4, 0.5) is 17.7 Å². The minimum absolute atomic E-state index is 0.0489. The predicted molar refractivity (Wildman–Crippen MR) is 127 cm³/mol. The Hall–Kier alpha value is -4.92. The van der Waals surface area contributed by atoms with Gasteiger partial charge in [-0.05, 0) is 32.0 Å². The van der Waals surface area contributed by atoms with Crippen molar-refractivity contribution in [3.05, 3.63) is 69.8 Å². The second-order valence-electron chi connectivity index (χ2n) is 9.00. The van der Waals surface area contributed by atoms with Crippen LogP contribution in [0.3, 0.4) is 0 Å². The van der Waals surface area contributed by atoms with Crippen LogP contribution in [0.5, 0.6) is 0 Å². The van der Waals surface area contributed by atoms with Crippen LogP contribution in [0.2, 0.25) is 0 Å². The summed E-state index contributed by atoms with van der Waals surface area (Å²) in [5, 5.41) is 20.6. The number of hydrogen-bond acceptors (Lipinski definition) is 9. The smallest absolute Gasteiger partial charge is 0.285 e. The predicted octanol–water partition coefficient (Wildman–Crippen LogP) is 0.993. The summed E-state index contributed by atoms with van der Waals surface area (Å²) in [4.78, 5) is 35.0. The Labute approximate surface area is 198 Å². The van der Waals surface area contributed by atoms with E-state index in [0.717, 1.165) is 0 Å². The fourth-order valence-corrected chi connectivity index (χ4v) is 4.71. The lowest BCUT2D eigenvalue weighted by Crippen LogP contribution is -2.73. The van der Waals surface area contributed by atoms with Crippen molar-refractivity contribution in [3.8, 4) is 11.8 Å². The van der Waals surface area contributed by atoms with Gasteiger partial charge in [0.25, 0.3) is 17.4 Å². The molecule has 2 aliphatic heterocycles. The molecule has 0 unspecified atom stereocenters. The number of nitrogens with zero attached hydrogens (tertiary/aromatic N) is 8. The van der Waals surface area contributed by atoms with Gasteiger partial charge in [0.1, 0.15) is 17.1 Å². The summed E-state index contributed by atoms with van der Waals surface area (Å²) >= 11 is 0. The van der Waals surface area contributed by atoms with Gasteiger partial charge in [0.05, 0.1) is 35.6 Å². The van der Waals surface area contributed by atoms with Crippen LogP contribution in [0.1, 0.15) is 35.5 Å². The molecule has 1 fully saturated rings. The normalized spacial score (nSPS) is 16.1. The molecule has 12 nitrogen and oxygen atoms in total. The zero-order valence-corrected chi connectivity index (χ0v) is 18.9. The first kappa shape index (κ1) is 20.7. The lowest BCUT2D eigenvalue weighted by atomic mass is 9.98. The van der Waals surface area contributed by atoms with E-state index in [0.29, 0.717) is 35.3 Å². The molecular formula is C23H20N10O2. The minimum Gasteiger partial charge on any atom is -0.368 e. The van der Waals surface area contributed by atoms with E-state index in [2.05, 4.69) is 21.4 Å². The second kappa shape index (κ2) is 7.04. The number of amides is 1. The third-order valence-electron chi connectivity index (χ3n) is 6.22. The monoisotopic (exact) mass is 468 g/mol. The molecule has 4 aromatic rings. The summed E-state index contributed by atoms with van der Waals surface area (Å²) < 4.78 is 2.88. The number of rotatable bonds is 3. The summed E-state index contributed by atoms with van der Waals surface area (Å²) in [5.74, 6) is 0.413. The van der Waals surface area contributed by atoms with Crippen molar-refractivity contribution in [1.82, 2.24) is 29.5 Å². The highest BCUT2D eigenvalue weighted by atomic mass is 16.2. The van der Waals surface area contributed by atoms with Gasteiger partial charge < -0.3 is 11.1 Å². The summed E-state index contributed by atoms with van der Waals surface area (Å²) in [6.07, 6.45) is 1.58. The molecule has 1 saturated heterocycles. The van der Waals surface area contributed by atoms with Gasteiger partial charge >= 0.3 is 0 Å². The molecule has 1 aromatic carbocycles. The first-order chi connectivity index (χ1) is 16.8. The van der Waals surface area contributed by atoms with Gasteiger partial charge in [0.2, 0.25) is 5.95 Å². The van der Waals surface area contributed by atoms with Crippen LogP contribution >= 0.6 is 0 Å². The maximum Gasteiger partial charge on any atom is 0.285 e. The van der Waals surface area contributed by atoms with Crippen LogP contribution in [0, 0.1) is 11.3 Å². The average molecular weight is 468 g/mol. The van der Waals surface area contributed by atoms with Crippen molar-refractivity contribution in [2.45, 2.75) is 25.9 Å². The summed E-state index contributed by atoms with van der Waals surface area (Å²) in [6, 6.07) is 12.7. The zero-order valence-electron chi connectivity index (χ0n) is 18.9. The highest BCUT2D eigenvalue weighted by molar-refractivity contribution is 6.03. The third kappa shape index (κ3) is 2.88. The number of carbonyl (C=O) groups is 1. The number of anilines is 3. The fourth-order valence-electron chi connectivity index (χ4n) is 4.71. The Balaban J connectivity index is 1.62. The van der Waals surface area contributed by atoms with Crippen molar-refractivity contribution in [1.29, 1.82) is 5.26 Å². The van der Waals surface area contributed by atoms with Crippen molar-refractivity contribution in [2.75, 3.05) is 22.3 Å². The summed E-state index contributed by atoms with van der Waals surface area (Å²) in [5.41, 5.74) is 6.95. The first-order valence-corrected chi connectivity index (χ1v) is 10.9. The fraction of sp³-hybridized carbons (Fsp3) is 0.217.